The molecule has 0 aromatic heterocycles. The molecule has 22 heavy (non-hydrogen) atoms. The summed E-state index contributed by atoms with van der Waals surface area (Å²) in [6.45, 7) is -0.158. The van der Waals surface area contributed by atoms with Gasteiger partial charge in [-0.2, -0.15) is 0 Å². The first-order valence-corrected chi connectivity index (χ1v) is 6.51. The minimum atomic E-state index is -1.16. The number of carbonyl (C=O) groups is 3. The Bertz CT molecular complexity index is 546. The van der Waals surface area contributed by atoms with Crippen molar-refractivity contribution >= 4 is 17.8 Å². The van der Waals surface area contributed by atoms with Crippen LogP contribution in [0.5, 0.6) is 5.75 Å². The summed E-state index contributed by atoms with van der Waals surface area (Å²) >= 11 is 0. The molecule has 1 amide bonds. The van der Waals surface area contributed by atoms with E-state index in [4.69, 9.17) is 15.6 Å². The van der Waals surface area contributed by atoms with Gasteiger partial charge in [0.05, 0.1) is 7.11 Å². The van der Waals surface area contributed by atoms with Gasteiger partial charge in [-0.25, -0.2) is 4.79 Å². The second-order valence-corrected chi connectivity index (χ2v) is 4.36. The largest absolute Gasteiger partial charge is 0.480 e. The van der Waals surface area contributed by atoms with Crippen molar-refractivity contribution in [3.63, 3.8) is 0 Å². The normalized spacial score (nSPS) is 11.4. The van der Waals surface area contributed by atoms with Crippen LogP contribution < -0.4 is 15.8 Å². The van der Waals surface area contributed by atoms with Crippen LogP contribution in [0.3, 0.4) is 0 Å². The molecule has 1 rings (SSSR count). The molecule has 8 heteroatoms. The lowest BCUT2D eigenvalue weighted by Gasteiger charge is -2.11. The van der Waals surface area contributed by atoms with E-state index in [1.165, 1.54) is 13.2 Å². The molecule has 1 aromatic carbocycles. The Labute approximate surface area is 127 Å². The lowest BCUT2D eigenvalue weighted by atomic mass is 10.1. The minimum absolute atomic E-state index is 0.0277. The molecule has 0 aliphatic heterocycles. The summed E-state index contributed by atoms with van der Waals surface area (Å²) < 4.78 is 9.92. The number of carboxylic acids is 1. The maximum atomic E-state index is 11.5. The molecule has 0 aliphatic carbocycles. The van der Waals surface area contributed by atoms with Gasteiger partial charge in [0.1, 0.15) is 17.4 Å². The first-order valence-electron chi connectivity index (χ1n) is 6.51. The van der Waals surface area contributed by atoms with Crippen LogP contribution in [-0.2, 0) is 14.3 Å². The Hall–Kier alpha value is -2.61. The van der Waals surface area contributed by atoms with Gasteiger partial charge in [-0.15, -0.1) is 0 Å². The van der Waals surface area contributed by atoms with Crippen molar-refractivity contribution in [2.24, 2.45) is 5.73 Å². The molecule has 0 aliphatic rings. The summed E-state index contributed by atoms with van der Waals surface area (Å²) in [6.07, 6.45) is -0.00457. The standard InChI is InChI=1S/C14H18N2O6/c1-21-14(20)9-4-2-3-5-11(9)22-8-16-12(17)7-6-10(15)13(18)19/h2-5,10H,6-8,15H2,1H3,(H,16,17)(H,18,19)/t10-/m0/s1. The summed E-state index contributed by atoms with van der Waals surface area (Å²) in [5, 5.41) is 11.0. The van der Waals surface area contributed by atoms with E-state index in [9.17, 15) is 14.4 Å². The molecule has 0 saturated carbocycles. The number of hydrogen-bond acceptors (Lipinski definition) is 6. The van der Waals surface area contributed by atoms with Crippen LogP contribution in [0, 0.1) is 0 Å². The molecule has 0 fully saturated rings. The number of hydrogen-bond donors (Lipinski definition) is 3. The zero-order valence-corrected chi connectivity index (χ0v) is 12.1. The van der Waals surface area contributed by atoms with Crippen LogP contribution >= 0.6 is 0 Å². The van der Waals surface area contributed by atoms with Crippen molar-refractivity contribution in [1.82, 2.24) is 5.32 Å². The van der Waals surface area contributed by atoms with Crippen LogP contribution in [0.2, 0.25) is 0 Å². The number of benzene rings is 1. The maximum Gasteiger partial charge on any atom is 0.341 e. The van der Waals surface area contributed by atoms with E-state index in [1.807, 2.05) is 0 Å². The molecule has 4 N–H and O–H groups in total. The van der Waals surface area contributed by atoms with Crippen molar-refractivity contribution in [2.75, 3.05) is 13.8 Å². The highest BCUT2D eigenvalue weighted by atomic mass is 16.5. The fraction of sp³-hybridized carbons (Fsp3) is 0.357. The fourth-order valence-electron chi connectivity index (χ4n) is 1.56. The fourth-order valence-corrected chi connectivity index (χ4v) is 1.56. The molecule has 0 radical (unpaired) electrons. The van der Waals surface area contributed by atoms with Crippen LogP contribution in [0.4, 0.5) is 0 Å². The van der Waals surface area contributed by atoms with E-state index >= 15 is 0 Å². The summed E-state index contributed by atoms with van der Waals surface area (Å²) in [5.41, 5.74) is 5.53. The highest BCUT2D eigenvalue weighted by Gasteiger charge is 2.14. The Morgan fingerprint density at radius 3 is 2.64 bits per heavy atom. The number of aliphatic carboxylic acids is 1. The molecule has 0 saturated heterocycles. The molecule has 0 spiro atoms. The van der Waals surface area contributed by atoms with E-state index in [0.717, 1.165) is 0 Å². The van der Waals surface area contributed by atoms with Gasteiger partial charge >= 0.3 is 11.9 Å². The van der Waals surface area contributed by atoms with E-state index in [2.05, 4.69) is 10.1 Å². The summed E-state index contributed by atoms with van der Waals surface area (Å²) in [7, 11) is 1.26. The smallest absolute Gasteiger partial charge is 0.341 e. The molecule has 120 valence electrons. The van der Waals surface area contributed by atoms with Crippen molar-refractivity contribution < 1.29 is 29.0 Å². The second kappa shape index (κ2) is 8.63. The first kappa shape index (κ1) is 17.4. The quantitative estimate of drug-likeness (QED) is 0.459. The molecule has 1 atom stereocenters. The highest BCUT2D eigenvalue weighted by Crippen LogP contribution is 2.18. The molecule has 0 bridgehead atoms. The number of esters is 1. The van der Waals surface area contributed by atoms with Crippen molar-refractivity contribution in [2.45, 2.75) is 18.9 Å². The molecular weight excluding hydrogens is 292 g/mol. The molecule has 1 aromatic rings. The minimum Gasteiger partial charge on any atom is -0.480 e. The third kappa shape index (κ3) is 5.41. The Kier molecular flexibility index (Phi) is 6.84. The van der Waals surface area contributed by atoms with E-state index in [-0.39, 0.29) is 30.9 Å². The number of amides is 1. The lowest BCUT2D eigenvalue weighted by Crippen LogP contribution is -2.33. The van der Waals surface area contributed by atoms with Gasteiger partial charge in [0.25, 0.3) is 0 Å². The first-order chi connectivity index (χ1) is 10.5. The van der Waals surface area contributed by atoms with E-state index in [1.54, 1.807) is 18.2 Å². The monoisotopic (exact) mass is 310 g/mol. The average molecular weight is 310 g/mol. The zero-order valence-electron chi connectivity index (χ0n) is 12.1. The topological polar surface area (TPSA) is 128 Å². The van der Waals surface area contributed by atoms with Gasteiger partial charge in [-0.1, -0.05) is 12.1 Å². The molecule has 0 heterocycles. The third-order valence-electron chi connectivity index (χ3n) is 2.79. The predicted molar refractivity (Wildman–Crippen MR) is 76.3 cm³/mol. The van der Waals surface area contributed by atoms with Crippen molar-refractivity contribution in [1.29, 1.82) is 0 Å². The average Bonchev–Trinajstić information content (AvgIpc) is 2.52. The number of carboxylic acid groups (broad SMARTS) is 1. The Morgan fingerprint density at radius 1 is 1.32 bits per heavy atom. The van der Waals surface area contributed by atoms with Crippen LogP contribution in [0.15, 0.2) is 24.3 Å². The number of ether oxygens (including phenoxy) is 2. The van der Waals surface area contributed by atoms with Gasteiger partial charge in [0.15, 0.2) is 6.73 Å². The van der Waals surface area contributed by atoms with Gasteiger partial charge < -0.3 is 25.6 Å². The van der Waals surface area contributed by atoms with Crippen LogP contribution in [0.1, 0.15) is 23.2 Å². The predicted octanol–water partition coefficient (Wildman–Crippen LogP) is 0.118. The highest BCUT2D eigenvalue weighted by molar-refractivity contribution is 5.92. The zero-order chi connectivity index (χ0) is 16.5. The number of rotatable bonds is 8. The van der Waals surface area contributed by atoms with Crippen LogP contribution in [0.25, 0.3) is 0 Å². The number of para-hydroxylation sites is 1. The number of methoxy groups -OCH3 is 1. The van der Waals surface area contributed by atoms with Gasteiger partial charge in [0.2, 0.25) is 5.91 Å². The van der Waals surface area contributed by atoms with Gasteiger partial charge in [-0.3, -0.25) is 9.59 Å². The molecule has 0 unspecified atom stereocenters. The number of carbonyl (C=O) groups excluding carboxylic acids is 2. The van der Waals surface area contributed by atoms with Crippen molar-refractivity contribution in [3.8, 4) is 5.75 Å². The molecular formula is C14H18N2O6. The lowest BCUT2D eigenvalue weighted by molar-refractivity contribution is -0.138. The summed E-state index contributed by atoms with van der Waals surface area (Å²) in [4.78, 5) is 33.5. The third-order valence-corrected chi connectivity index (χ3v) is 2.79. The summed E-state index contributed by atoms with van der Waals surface area (Å²) in [6, 6.07) is 5.36. The van der Waals surface area contributed by atoms with Gasteiger partial charge in [0, 0.05) is 6.42 Å². The van der Waals surface area contributed by atoms with Crippen LogP contribution in [-0.4, -0.2) is 42.8 Å². The maximum absolute atomic E-state index is 11.5. The Morgan fingerprint density at radius 2 is 2.00 bits per heavy atom. The van der Waals surface area contributed by atoms with Crippen molar-refractivity contribution in [3.05, 3.63) is 29.8 Å². The van der Waals surface area contributed by atoms with E-state index in [0.29, 0.717) is 0 Å². The number of nitrogens with one attached hydrogen (secondary N) is 1. The number of nitrogens with two attached hydrogens (primary N) is 1. The van der Waals surface area contributed by atoms with E-state index < -0.39 is 23.9 Å². The molecule has 8 nitrogen and oxygen atoms in total. The summed E-state index contributed by atoms with van der Waals surface area (Å²) in [5.74, 6) is -1.82. The SMILES string of the molecule is COC(=O)c1ccccc1OCNC(=O)CC[C@H](N)C(=O)O. The Balaban J connectivity index is 2.43. The van der Waals surface area contributed by atoms with Gasteiger partial charge in [-0.05, 0) is 18.6 Å². The second-order valence-electron chi connectivity index (χ2n) is 4.36.